The van der Waals surface area contributed by atoms with Crippen molar-refractivity contribution in [1.82, 2.24) is 0 Å². The van der Waals surface area contributed by atoms with Crippen LogP contribution in [0.2, 0.25) is 0 Å². The number of rotatable bonds is 5. The zero-order valence-electron chi connectivity index (χ0n) is 15.1. The van der Waals surface area contributed by atoms with Gasteiger partial charge in [-0.3, -0.25) is 4.79 Å². The predicted octanol–water partition coefficient (Wildman–Crippen LogP) is 4.80. The molecule has 0 saturated carbocycles. The van der Waals surface area contributed by atoms with Gasteiger partial charge in [0, 0.05) is 25.3 Å². The SMILES string of the molecule is COc1cc(C(=O)Nc2ccc(N(C)C)cc2C(F)(F)F)cc(OC)c1Br. The Labute approximate surface area is 163 Å². The van der Waals surface area contributed by atoms with Crippen LogP contribution in [0.15, 0.2) is 34.8 Å². The second-order valence-corrected chi connectivity index (χ2v) is 6.56. The molecule has 0 spiro atoms. The first-order chi connectivity index (χ1) is 12.6. The molecule has 2 aromatic rings. The molecule has 0 aromatic heterocycles. The molecule has 5 nitrogen and oxygen atoms in total. The maximum absolute atomic E-state index is 13.4. The zero-order valence-corrected chi connectivity index (χ0v) is 16.7. The van der Waals surface area contributed by atoms with Gasteiger partial charge in [-0.15, -0.1) is 0 Å². The Morgan fingerprint density at radius 2 is 1.63 bits per heavy atom. The van der Waals surface area contributed by atoms with E-state index in [2.05, 4.69) is 21.2 Å². The topological polar surface area (TPSA) is 50.8 Å². The van der Waals surface area contributed by atoms with Crippen molar-refractivity contribution >= 4 is 33.2 Å². The molecular weight excluding hydrogens is 429 g/mol. The van der Waals surface area contributed by atoms with Crippen LogP contribution in [0.4, 0.5) is 24.5 Å². The molecule has 2 aromatic carbocycles. The first kappa shape index (κ1) is 20.9. The van der Waals surface area contributed by atoms with Crippen molar-refractivity contribution in [2.75, 3.05) is 38.5 Å². The molecule has 1 amide bonds. The van der Waals surface area contributed by atoms with Gasteiger partial charge in [-0.25, -0.2) is 0 Å². The molecule has 0 aliphatic carbocycles. The molecule has 0 unspecified atom stereocenters. The summed E-state index contributed by atoms with van der Waals surface area (Å²) in [7, 11) is 6.08. The Bertz CT molecular complexity index is 829. The second kappa shape index (κ2) is 8.08. The summed E-state index contributed by atoms with van der Waals surface area (Å²) in [5.41, 5.74) is -0.805. The molecule has 0 heterocycles. The number of hydrogen-bond donors (Lipinski definition) is 1. The number of alkyl halides is 3. The quantitative estimate of drug-likeness (QED) is 0.716. The molecule has 2 rings (SSSR count). The Morgan fingerprint density at radius 1 is 1.07 bits per heavy atom. The largest absolute Gasteiger partial charge is 0.495 e. The highest BCUT2D eigenvalue weighted by molar-refractivity contribution is 9.10. The van der Waals surface area contributed by atoms with Gasteiger partial charge in [-0.2, -0.15) is 13.2 Å². The van der Waals surface area contributed by atoms with Gasteiger partial charge >= 0.3 is 6.18 Å². The van der Waals surface area contributed by atoms with E-state index in [1.165, 1.54) is 38.5 Å². The van der Waals surface area contributed by atoms with Crippen LogP contribution in [0, 0.1) is 0 Å². The maximum Gasteiger partial charge on any atom is 0.418 e. The summed E-state index contributed by atoms with van der Waals surface area (Å²) < 4.78 is 51.1. The number of anilines is 2. The van der Waals surface area contributed by atoms with Gasteiger partial charge in [0.1, 0.15) is 16.0 Å². The molecule has 0 atom stereocenters. The summed E-state index contributed by atoms with van der Waals surface area (Å²) in [5.74, 6) is -0.0841. The molecular formula is C18H18BrF3N2O3. The minimum Gasteiger partial charge on any atom is -0.495 e. The van der Waals surface area contributed by atoms with Crippen molar-refractivity contribution in [3.8, 4) is 11.5 Å². The molecule has 0 radical (unpaired) electrons. The molecule has 27 heavy (non-hydrogen) atoms. The van der Waals surface area contributed by atoms with E-state index in [-0.39, 0.29) is 11.3 Å². The van der Waals surface area contributed by atoms with Crippen LogP contribution < -0.4 is 19.7 Å². The summed E-state index contributed by atoms with van der Waals surface area (Å²) in [6, 6.07) is 6.52. The van der Waals surface area contributed by atoms with E-state index in [0.29, 0.717) is 21.7 Å². The van der Waals surface area contributed by atoms with Crippen molar-refractivity contribution in [3.05, 3.63) is 45.9 Å². The molecule has 9 heteroatoms. The summed E-state index contributed by atoms with van der Waals surface area (Å²) in [4.78, 5) is 14.1. The van der Waals surface area contributed by atoms with E-state index >= 15 is 0 Å². The molecule has 0 aliphatic heterocycles. The first-order valence-electron chi connectivity index (χ1n) is 7.70. The first-order valence-corrected chi connectivity index (χ1v) is 8.49. The predicted molar refractivity (Wildman–Crippen MR) is 101 cm³/mol. The van der Waals surface area contributed by atoms with Crippen LogP contribution in [-0.2, 0) is 6.18 Å². The van der Waals surface area contributed by atoms with Gasteiger partial charge in [0.05, 0.1) is 25.5 Å². The minimum atomic E-state index is -4.62. The van der Waals surface area contributed by atoms with Crippen LogP contribution in [0.3, 0.4) is 0 Å². The van der Waals surface area contributed by atoms with Crippen LogP contribution >= 0.6 is 15.9 Å². The van der Waals surface area contributed by atoms with Crippen molar-refractivity contribution < 1.29 is 27.4 Å². The third-order valence-electron chi connectivity index (χ3n) is 3.78. The van der Waals surface area contributed by atoms with Crippen molar-refractivity contribution in [2.45, 2.75) is 6.18 Å². The maximum atomic E-state index is 13.4. The highest BCUT2D eigenvalue weighted by atomic mass is 79.9. The Morgan fingerprint density at radius 3 is 2.07 bits per heavy atom. The van der Waals surface area contributed by atoms with Crippen LogP contribution in [0.25, 0.3) is 0 Å². The number of ether oxygens (including phenoxy) is 2. The number of nitrogens with one attached hydrogen (secondary N) is 1. The molecule has 0 saturated heterocycles. The normalized spacial score (nSPS) is 11.1. The highest BCUT2D eigenvalue weighted by Crippen LogP contribution is 2.38. The second-order valence-electron chi connectivity index (χ2n) is 5.77. The van der Waals surface area contributed by atoms with E-state index in [1.54, 1.807) is 19.0 Å². The van der Waals surface area contributed by atoms with Crippen LogP contribution in [-0.4, -0.2) is 34.2 Å². The van der Waals surface area contributed by atoms with Crippen molar-refractivity contribution in [1.29, 1.82) is 0 Å². The Hall–Kier alpha value is -2.42. The lowest BCUT2D eigenvalue weighted by molar-refractivity contribution is -0.136. The van der Waals surface area contributed by atoms with E-state index in [4.69, 9.17) is 9.47 Å². The number of carbonyl (C=O) groups excluding carboxylic acids is 1. The molecule has 0 aliphatic rings. The lowest BCUT2D eigenvalue weighted by atomic mass is 10.1. The number of amides is 1. The van der Waals surface area contributed by atoms with E-state index < -0.39 is 17.6 Å². The third-order valence-corrected chi connectivity index (χ3v) is 4.56. The summed E-state index contributed by atoms with van der Waals surface area (Å²) in [6.07, 6.45) is -4.62. The van der Waals surface area contributed by atoms with Crippen LogP contribution in [0.5, 0.6) is 11.5 Å². The number of benzene rings is 2. The van der Waals surface area contributed by atoms with Gasteiger partial charge in [0.25, 0.3) is 5.91 Å². The van der Waals surface area contributed by atoms with E-state index in [9.17, 15) is 18.0 Å². The monoisotopic (exact) mass is 446 g/mol. The zero-order chi connectivity index (χ0) is 20.4. The smallest absolute Gasteiger partial charge is 0.418 e. The van der Waals surface area contributed by atoms with Crippen molar-refractivity contribution in [3.63, 3.8) is 0 Å². The summed E-state index contributed by atoms with van der Waals surface area (Å²) >= 11 is 3.28. The number of methoxy groups -OCH3 is 2. The molecule has 1 N–H and O–H groups in total. The van der Waals surface area contributed by atoms with Gasteiger partial charge in [0.15, 0.2) is 0 Å². The van der Waals surface area contributed by atoms with Crippen molar-refractivity contribution in [2.24, 2.45) is 0 Å². The molecule has 146 valence electrons. The van der Waals surface area contributed by atoms with Crippen LogP contribution in [0.1, 0.15) is 15.9 Å². The average molecular weight is 447 g/mol. The Balaban J connectivity index is 2.44. The van der Waals surface area contributed by atoms with Gasteiger partial charge in [-0.1, -0.05) is 0 Å². The Kier molecular flexibility index (Phi) is 6.25. The average Bonchev–Trinajstić information content (AvgIpc) is 2.61. The van der Waals surface area contributed by atoms with E-state index in [0.717, 1.165) is 6.07 Å². The molecule has 0 fully saturated rings. The van der Waals surface area contributed by atoms with Gasteiger partial charge in [-0.05, 0) is 46.3 Å². The number of halogens is 4. The summed E-state index contributed by atoms with van der Waals surface area (Å²) in [5, 5.41) is 2.32. The standard InChI is InChI=1S/C18H18BrF3N2O3/c1-24(2)11-5-6-13(12(9-11)18(20,21)22)23-17(25)10-7-14(26-3)16(19)15(8-10)27-4/h5-9H,1-4H3,(H,23,25). The number of nitrogens with zero attached hydrogens (tertiary/aromatic N) is 1. The fourth-order valence-corrected chi connectivity index (χ4v) is 2.90. The van der Waals surface area contributed by atoms with E-state index in [1.807, 2.05) is 0 Å². The third kappa shape index (κ3) is 4.65. The highest BCUT2D eigenvalue weighted by Gasteiger charge is 2.34. The van der Waals surface area contributed by atoms with Gasteiger partial charge in [0.2, 0.25) is 0 Å². The fraction of sp³-hybridized carbons (Fsp3) is 0.278. The fourth-order valence-electron chi connectivity index (χ4n) is 2.35. The number of hydrogen-bond acceptors (Lipinski definition) is 4. The molecule has 0 bridgehead atoms. The lowest BCUT2D eigenvalue weighted by Crippen LogP contribution is -2.18. The lowest BCUT2D eigenvalue weighted by Gasteiger charge is -2.19. The minimum absolute atomic E-state index is 0.0942. The van der Waals surface area contributed by atoms with Gasteiger partial charge < -0.3 is 19.7 Å². The number of carbonyl (C=O) groups is 1. The summed E-state index contributed by atoms with van der Waals surface area (Å²) in [6.45, 7) is 0.